The van der Waals surface area contributed by atoms with Crippen molar-refractivity contribution in [3.8, 4) is 11.8 Å². The molecule has 0 atom stereocenters. The summed E-state index contributed by atoms with van der Waals surface area (Å²) in [6.07, 6.45) is 1.50. The van der Waals surface area contributed by atoms with E-state index in [0.717, 1.165) is 10.8 Å². The van der Waals surface area contributed by atoms with E-state index >= 15 is 0 Å². The summed E-state index contributed by atoms with van der Waals surface area (Å²) in [6.45, 7) is -0.172. The van der Waals surface area contributed by atoms with Crippen LogP contribution in [-0.4, -0.2) is 18.4 Å². The van der Waals surface area contributed by atoms with Crippen molar-refractivity contribution in [3.63, 3.8) is 0 Å². The third-order valence-electron chi connectivity index (χ3n) is 5.09. The molecule has 0 saturated carbocycles. The zero-order chi connectivity index (χ0) is 24.6. The second kappa shape index (κ2) is 11.0. The molecule has 0 saturated heterocycles. The minimum atomic E-state index is -0.497. The quantitative estimate of drug-likeness (QED) is 0.248. The van der Waals surface area contributed by atoms with Crippen molar-refractivity contribution in [3.05, 3.63) is 107 Å². The SMILES string of the molecule is N#C/C(=C\c1ccc(OCC(=O)Nc2ccc(Cl)cc2)cc1)C(=O)Nc1cccc2ccccc12. The van der Waals surface area contributed by atoms with Gasteiger partial charge in [0.2, 0.25) is 0 Å². The molecule has 0 aromatic heterocycles. The third-order valence-corrected chi connectivity index (χ3v) is 5.34. The Morgan fingerprint density at radius 3 is 2.34 bits per heavy atom. The highest BCUT2D eigenvalue weighted by atomic mass is 35.5. The van der Waals surface area contributed by atoms with Crippen LogP contribution in [0, 0.1) is 11.3 Å². The van der Waals surface area contributed by atoms with E-state index in [2.05, 4.69) is 10.6 Å². The van der Waals surface area contributed by atoms with Gasteiger partial charge < -0.3 is 15.4 Å². The fourth-order valence-corrected chi connectivity index (χ4v) is 3.50. The molecule has 0 heterocycles. The van der Waals surface area contributed by atoms with Crippen LogP contribution in [0.4, 0.5) is 11.4 Å². The van der Waals surface area contributed by atoms with Crippen molar-refractivity contribution >= 4 is 51.6 Å². The molecule has 4 aromatic carbocycles. The zero-order valence-corrected chi connectivity index (χ0v) is 19.3. The van der Waals surface area contributed by atoms with E-state index in [1.807, 2.05) is 42.5 Å². The Morgan fingerprint density at radius 2 is 1.60 bits per heavy atom. The average Bonchev–Trinajstić information content (AvgIpc) is 2.88. The highest BCUT2D eigenvalue weighted by Gasteiger charge is 2.11. The molecule has 0 radical (unpaired) electrons. The summed E-state index contributed by atoms with van der Waals surface area (Å²) in [5.74, 6) is -0.330. The summed E-state index contributed by atoms with van der Waals surface area (Å²) in [7, 11) is 0. The lowest BCUT2D eigenvalue weighted by atomic mass is 10.1. The number of hydrogen-bond acceptors (Lipinski definition) is 4. The fraction of sp³-hybridized carbons (Fsp3) is 0.0357. The van der Waals surface area contributed by atoms with E-state index in [-0.39, 0.29) is 18.1 Å². The van der Waals surface area contributed by atoms with Crippen LogP contribution in [0.2, 0.25) is 5.02 Å². The topological polar surface area (TPSA) is 91.2 Å². The zero-order valence-electron chi connectivity index (χ0n) is 18.5. The van der Waals surface area contributed by atoms with E-state index in [0.29, 0.717) is 27.7 Å². The van der Waals surface area contributed by atoms with Gasteiger partial charge in [-0.1, -0.05) is 60.1 Å². The Labute approximate surface area is 207 Å². The lowest BCUT2D eigenvalue weighted by Gasteiger charge is -2.09. The summed E-state index contributed by atoms with van der Waals surface area (Å²) in [5, 5.41) is 17.5. The molecule has 6 nitrogen and oxygen atoms in total. The second-order valence-corrected chi connectivity index (χ2v) is 8.00. The van der Waals surface area contributed by atoms with E-state index < -0.39 is 5.91 Å². The van der Waals surface area contributed by atoms with Gasteiger partial charge in [0.1, 0.15) is 17.4 Å². The highest BCUT2D eigenvalue weighted by Crippen LogP contribution is 2.24. The molecule has 0 spiro atoms. The molecule has 0 fully saturated rings. The Morgan fingerprint density at radius 1 is 0.886 bits per heavy atom. The third kappa shape index (κ3) is 6.26. The summed E-state index contributed by atoms with van der Waals surface area (Å²) in [5.41, 5.74) is 1.87. The van der Waals surface area contributed by atoms with Crippen LogP contribution in [0.3, 0.4) is 0 Å². The van der Waals surface area contributed by atoms with Crippen LogP contribution in [0.5, 0.6) is 5.75 Å². The molecular weight excluding hydrogens is 462 g/mol. The number of ether oxygens (including phenoxy) is 1. The Bertz CT molecular complexity index is 1430. The first-order valence-corrected chi connectivity index (χ1v) is 11.1. The minimum Gasteiger partial charge on any atom is -0.484 e. The van der Waals surface area contributed by atoms with Crippen molar-refractivity contribution in [2.24, 2.45) is 0 Å². The van der Waals surface area contributed by atoms with Crippen LogP contribution in [0.25, 0.3) is 16.8 Å². The monoisotopic (exact) mass is 481 g/mol. The Balaban J connectivity index is 1.37. The first-order chi connectivity index (χ1) is 17.0. The normalized spacial score (nSPS) is 10.9. The van der Waals surface area contributed by atoms with Crippen molar-refractivity contribution in [1.82, 2.24) is 0 Å². The molecule has 7 heteroatoms. The number of nitriles is 1. The van der Waals surface area contributed by atoms with Crippen LogP contribution in [0.15, 0.2) is 96.6 Å². The molecule has 0 unspecified atom stereocenters. The predicted octanol–water partition coefficient (Wildman–Crippen LogP) is 6.06. The molecule has 35 heavy (non-hydrogen) atoms. The van der Waals surface area contributed by atoms with Gasteiger partial charge in [0.15, 0.2) is 6.61 Å². The van der Waals surface area contributed by atoms with Crippen molar-refractivity contribution in [2.75, 3.05) is 17.2 Å². The van der Waals surface area contributed by atoms with E-state index in [9.17, 15) is 14.9 Å². The number of carbonyl (C=O) groups is 2. The Kier molecular flexibility index (Phi) is 7.41. The number of hydrogen-bond donors (Lipinski definition) is 2. The van der Waals surface area contributed by atoms with Crippen LogP contribution in [-0.2, 0) is 9.59 Å². The summed E-state index contributed by atoms with van der Waals surface area (Å²) in [6, 6.07) is 28.7. The number of fused-ring (bicyclic) bond motifs is 1. The van der Waals surface area contributed by atoms with Gasteiger partial charge in [0.05, 0.1) is 0 Å². The molecule has 2 amide bonds. The number of anilines is 2. The first-order valence-electron chi connectivity index (χ1n) is 10.7. The first kappa shape index (κ1) is 23.6. The molecule has 2 N–H and O–H groups in total. The van der Waals surface area contributed by atoms with Crippen LogP contribution < -0.4 is 15.4 Å². The van der Waals surface area contributed by atoms with E-state index in [4.69, 9.17) is 16.3 Å². The van der Waals surface area contributed by atoms with Gasteiger partial charge in [-0.25, -0.2) is 0 Å². The number of rotatable bonds is 7. The van der Waals surface area contributed by atoms with Gasteiger partial charge in [-0.3, -0.25) is 9.59 Å². The van der Waals surface area contributed by atoms with Gasteiger partial charge in [0, 0.05) is 21.8 Å². The molecule has 4 aromatic rings. The van der Waals surface area contributed by atoms with Crippen molar-refractivity contribution in [2.45, 2.75) is 0 Å². The number of amides is 2. The van der Waals surface area contributed by atoms with E-state index in [1.165, 1.54) is 6.08 Å². The highest BCUT2D eigenvalue weighted by molar-refractivity contribution is 6.30. The summed E-state index contributed by atoms with van der Waals surface area (Å²) >= 11 is 5.84. The maximum atomic E-state index is 12.7. The summed E-state index contributed by atoms with van der Waals surface area (Å²) in [4.78, 5) is 24.8. The van der Waals surface area contributed by atoms with Gasteiger partial charge >= 0.3 is 0 Å². The number of benzene rings is 4. The predicted molar refractivity (Wildman–Crippen MR) is 138 cm³/mol. The maximum Gasteiger partial charge on any atom is 0.266 e. The molecular formula is C28H20ClN3O3. The van der Waals surface area contributed by atoms with E-state index in [1.54, 1.807) is 54.6 Å². The van der Waals surface area contributed by atoms with Gasteiger partial charge in [-0.2, -0.15) is 5.26 Å². The van der Waals surface area contributed by atoms with Crippen LogP contribution in [0.1, 0.15) is 5.56 Å². The molecule has 0 bridgehead atoms. The molecule has 0 aliphatic rings. The maximum absolute atomic E-state index is 12.7. The smallest absolute Gasteiger partial charge is 0.266 e. The second-order valence-electron chi connectivity index (χ2n) is 7.56. The number of nitrogens with one attached hydrogen (secondary N) is 2. The fourth-order valence-electron chi connectivity index (χ4n) is 3.38. The van der Waals surface area contributed by atoms with Crippen molar-refractivity contribution in [1.29, 1.82) is 5.26 Å². The number of halogens is 1. The average molecular weight is 482 g/mol. The largest absolute Gasteiger partial charge is 0.484 e. The molecule has 0 aliphatic carbocycles. The summed E-state index contributed by atoms with van der Waals surface area (Å²) < 4.78 is 5.51. The minimum absolute atomic E-state index is 0.0334. The molecule has 172 valence electrons. The van der Waals surface area contributed by atoms with Gasteiger partial charge in [-0.05, 0) is 59.5 Å². The van der Waals surface area contributed by atoms with Gasteiger partial charge in [0.25, 0.3) is 11.8 Å². The van der Waals surface area contributed by atoms with Crippen LogP contribution >= 0.6 is 11.6 Å². The Hall–Kier alpha value is -4.60. The standard InChI is InChI=1S/C28H20ClN3O3/c29-22-10-12-23(13-11-22)31-27(33)18-35-24-14-8-19(9-15-24)16-21(17-30)28(34)32-26-7-3-5-20-4-1-2-6-25(20)26/h1-16H,18H2,(H,31,33)(H,32,34)/b21-16+. The number of carbonyl (C=O) groups excluding carboxylic acids is 2. The molecule has 0 aliphatic heterocycles. The van der Waals surface area contributed by atoms with Crippen molar-refractivity contribution < 1.29 is 14.3 Å². The lowest BCUT2D eigenvalue weighted by molar-refractivity contribution is -0.118. The number of nitrogens with zero attached hydrogens (tertiary/aromatic N) is 1. The van der Waals surface area contributed by atoms with Gasteiger partial charge in [-0.15, -0.1) is 0 Å². The lowest BCUT2D eigenvalue weighted by Crippen LogP contribution is -2.20. The molecule has 4 rings (SSSR count).